The van der Waals surface area contributed by atoms with Crippen molar-refractivity contribution in [1.29, 1.82) is 0 Å². The van der Waals surface area contributed by atoms with Crippen LogP contribution >= 0.6 is 0 Å². The van der Waals surface area contributed by atoms with Gasteiger partial charge >= 0.3 is 6.36 Å². The number of hydrogen-bond acceptors (Lipinski definition) is 6. The van der Waals surface area contributed by atoms with Gasteiger partial charge in [0.25, 0.3) is 0 Å². The molecule has 0 aliphatic rings. The van der Waals surface area contributed by atoms with Crippen LogP contribution in [-0.4, -0.2) is 53.4 Å². The summed E-state index contributed by atoms with van der Waals surface area (Å²) in [6.07, 6.45) is -1.38. The van der Waals surface area contributed by atoms with E-state index in [9.17, 15) is 13.2 Å². The van der Waals surface area contributed by atoms with Crippen molar-refractivity contribution in [3.05, 3.63) is 54.6 Å². The molecule has 9 heteroatoms. The van der Waals surface area contributed by atoms with Crippen molar-refractivity contribution in [2.45, 2.75) is 13.3 Å². The molecule has 0 bridgehead atoms. The Balaban J connectivity index is 1.82. The van der Waals surface area contributed by atoms with Crippen LogP contribution in [0.3, 0.4) is 0 Å². The number of pyridine rings is 1. The molecule has 0 aliphatic heterocycles. The molecule has 2 aromatic heterocycles. The van der Waals surface area contributed by atoms with E-state index in [4.69, 9.17) is 0 Å². The number of nitrogens with zero attached hydrogens (tertiary/aromatic N) is 4. The summed E-state index contributed by atoms with van der Waals surface area (Å²) < 4.78 is 40.9. The molecule has 0 aliphatic carbocycles. The highest BCUT2D eigenvalue weighted by Gasteiger charge is 2.30. The number of alkyl halides is 3. The highest BCUT2D eigenvalue weighted by Crippen LogP contribution is 2.28. The molecule has 1 aromatic carbocycles. The molecule has 0 saturated carbocycles. The lowest BCUT2D eigenvalue weighted by molar-refractivity contribution is -0.274. The van der Waals surface area contributed by atoms with Gasteiger partial charge < -0.3 is 15.0 Å². The fraction of sp³-hybridized carbons (Fsp3) is 0.286. The topological polar surface area (TPSA) is 63.2 Å². The summed E-state index contributed by atoms with van der Waals surface area (Å²) in [6.45, 7) is 3.42. The van der Waals surface area contributed by atoms with Crippen LogP contribution < -0.4 is 10.1 Å². The molecule has 0 fully saturated rings. The maximum atomic E-state index is 12.3. The van der Waals surface area contributed by atoms with E-state index in [1.165, 1.54) is 12.1 Å². The minimum atomic E-state index is -4.72. The Bertz CT molecular complexity index is 991. The number of nitrogens with one attached hydrogen (secondary N) is 1. The Kier molecular flexibility index (Phi) is 6.51. The molecule has 0 spiro atoms. The maximum absolute atomic E-state index is 12.3. The summed E-state index contributed by atoms with van der Waals surface area (Å²) in [4.78, 5) is 15.2. The zero-order valence-electron chi connectivity index (χ0n) is 16.9. The van der Waals surface area contributed by atoms with E-state index in [2.05, 4.69) is 29.9 Å². The summed E-state index contributed by atoms with van der Waals surface area (Å²) in [5.41, 5.74) is 2.96. The fourth-order valence-corrected chi connectivity index (χ4v) is 2.80. The van der Waals surface area contributed by atoms with Crippen LogP contribution in [-0.2, 0) is 0 Å². The van der Waals surface area contributed by atoms with Crippen molar-refractivity contribution in [3.63, 3.8) is 0 Å². The number of ether oxygens (including phenoxy) is 1. The van der Waals surface area contributed by atoms with E-state index in [0.29, 0.717) is 17.1 Å². The highest BCUT2D eigenvalue weighted by molar-refractivity contribution is 5.71. The van der Waals surface area contributed by atoms with Crippen LogP contribution in [0.25, 0.3) is 22.4 Å². The molecule has 0 saturated heterocycles. The third-order valence-electron chi connectivity index (χ3n) is 4.16. The first-order valence-electron chi connectivity index (χ1n) is 9.25. The number of halogens is 3. The molecular weight excluding hydrogens is 395 g/mol. The lowest BCUT2D eigenvalue weighted by Gasteiger charge is -2.12. The second kappa shape index (κ2) is 9.08. The molecule has 3 rings (SSSR count). The standard InChI is InChI=1S/C21H22F3N5O/c1-14-27-19(11-20(28-14)26-8-9-29(2)3)17-10-16(12-25-13-17)15-4-6-18(7-5-15)30-21(22,23)24/h4-7,10-13H,8-9H2,1-3H3,(H,26,27,28). The normalized spacial score (nSPS) is 11.6. The van der Waals surface area contributed by atoms with Crippen LogP contribution in [0.15, 0.2) is 48.8 Å². The first kappa shape index (κ1) is 21.5. The molecule has 158 valence electrons. The average Bonchev–Trinajstić information content (AvgIpc) is 2.67. The van der Waals surface area contributed by atoms with Crippen LogP contribution in [0.2, 0.25) is 0 Å². The fourth-order valence-electron chi connectivity index (χ4n) is 2.80. The zero-order valence-corrected chi connectivity index (χ0v) is 16.9. The molecule has 0 amide bonds. The lowest BCUT2D eigenvalue weighted by Crippen LogP contribution is -2.21. The van der Waals surface area contributed by atoms with Crippen molar-refractivity contribution in [1.82, 2.24) is 19.9 Å². The van der Waals surface area contributed by atoms with Gasteiger partial charge in [0.1, 0.15) is 17.4 Å². The van der Waals surface area contributed by atoms with E-state index in [1.807, 2.05) is 33.2 Å². The molecule has 0 unspecified atom stereocenters. The van der Waals surface area contributed by atoms with Crippen molar-refractivity contribution in [2.75, 3.05) is 32.5 Å². The average molecular weight is 417 g/mol. The van der Waals surface area contributed by atoms with Crippen LogP contribution in [0.1, 0.15) is 5.82 Å². The number of likely N-dealkylation sites (N-methyl/N-ethyl adjacent to an activating group) is 1. The van der Waals surface area contributed by atoms with E-state index in [1.54, 1.807) is 24.5 Å². The summed E-state index contributed by atoms with van der Waals surface area (Å²) in [5, 5.41) is 3.28. The van der Waals surface area contributed by atoms with E-state index >= 15 is 0 Å². The van der Waals surface area contributed by atoms with E-state index in [-0.39, 0.29) is 5.75 Å². The lowest BCUT2D eigenvalue weighted by atomic mass is 10.0. The van der Waals surface area contributed by atoms with Gasteiger partial charge in [0.2, 0.25) is 0 Å². The molecule has 2 heterocycles. The minimum absolute atomic E-state index is 0.268. The van der Waals surface area contributed by atoms with Gasteiger partial charge in [0.05, 0.1) is 5.69 Å². The summed E-state index contributed by atoms with van der Waals surface area (Å²) in [7, 11) is 3.99. The third kappa shape index (κ3) is 6.15. The Morgan fingerprint density at radius 3 is 2.33 bits per heavy atom. The quantitative estimate of drug-likeness (QED) is 0.615. The molecular formula is C21H22F3N5O. The summed E-state index contributed by atoms with van der Waals surface area (Å²) in [5.74, 6) is 1.08. The number of benzene rings is 1. The van der Waals surface area contributed by atoms with Gasteiger partial charge in [-0.2, -0.15) is 0 Å². The number of aryl methyl sites for hydroxylation is 1. The summed E-state index contributed by atoms with van der Waals surface area (Å²) >= 11 is 0. The van der Waals surface area contributed by atoms with Crippen molar-refractivity contribution >= 4 is 5.82 Å². The number of rotatable bonds is 7. The largest absolute Gasteiger partial charge is 0.573 e. The number of anilines is 1. The Morgan fingerprint density at radius 2 is 1.67 bits per heavy atom. The number of aromatic nitrogens is 3. The van der Waals surface area contributed by atoms with Crippen molar-refractivity contribution in [2.24, 2.45) is 0 Å². The van der Waals surface area contributed by atoms with Crippen molar-refractivity contribution < 1.29 is 17.9 Å². The van der Waals surface area contributed by atoms with Gasteiger partial charge in [0.15, 0.2) is 0 Å². The predicted octanol–water partition coefficient (Wildman–Crippen LogP) is 4.39. The molecule has 0 radical (unpaired) electrons. The van der Waals surface area contributed by atoms with Crippen LogP contribution in [0.4, 0.5) is 19.0 Å². The van der Waals surface area contributed by atoms with Gasteiger partial charge in [-0.3, -0.25) is 4.98 Å². The van der Waals surface area contributed by atoms with Gasteiger partial charge in [-0.25, -0.2) is 9.97 Å². The molecule has 6 nitrogen and oxygen atoms in total. The maximum Gasteiger partial charge on any atom is 0.573 e. The zero-order chi connectivity index (χ0) is 21.7. The minimum Gasteiger partial charge on any atom is -0.406 e. The van der Waals surface area contributed by atoms with Crippen LogP contribution in [0, 0.1) is 6.92 Å². The van der Waals surface area contributed by atoms with Gasteiger partial charge in [-0.1, -0.05) is 12.1 Å². The third-order valence-corrected chi connectivity index (χ3v) is 4.16. The Labute approximate surface area is 172 Å². The van der Waals surface area contributed by atoms with Gasteiger partial charge in [0, 0.05) is 42.7 Å². The van der Waals surface area contributed by atoms with E-state index in [0.717, 1.165) is 30.0 Å². The second-order valence-corrected chi connectivity index (χ2v) is 6.95. The van der Waals surface area contributed by atoms with Gasteiger partial charge in [-0.05, 0) is 44.8 Å². The molecule has 3 aromatic rings. The first-order chi connectivity index (χ1) is 14.2. The van der Waals surface area contributed by atoms with Gasteiger partial charge in [-0.15, -0.1) is 13.2 Å². The number of hydrogen-bond donors (Lipinski definition) is 1. The SMILES string of the molecule is Cc1nc(NCCN(C)C)cc(-c2cncc(-c3ccc(OC(F)(F)F)cc3)c2)n1. The Morgan fingerprint density at radius 1 is 0.967 bits per heavy atom. The predicted molar refractivity (Wildman–Crippen MR) is 109 cm³/mol. The monoisotopic (exact) mass is 417 g/mol. The Hall–Kier alpha value is -3.20. The molecule has 30 heavy (non-hydrogen) atoms. The first-order valence-corrected chi connectivity index (χ1v) is 9.25. The molecule has 0 atom stereocenters. The smallest absolute Gasteiger partial charge is 0.406 e. The van der Waals surface area contributed by atoms with Crippen molar-refractivity contribution in [3.8, 4) is 28.1 Å². The van der Waals surface area contributed by atoms with E-state index < -0.39 is 6.36 Å². The van der Waals surface area contributed by atoms with Crippen LogP contribution in [0.5, 0.6) is 5.75 Å². The summed E-state index contributed by atoms with van der Waals surface area (Å²) in [6, 6.07) is 9.40. The second-order valence-electron chi connectivity index (χ2n) is 6.95. The molecule has 1 N–H and O–H groups in total. The highest BCUT2D eigenvalue weighted by atomic mass is 19.4.